The van der Waals surface area contributed by atoms with Crippen molar-refractivity contribution in [3.63, 3.8) is 0 Å². The first kappa shape index (κ1) is 13.0. The molecule has 4 nitrogen and oxygen atoms in total. The number of hydrogen-bond donors (Lipinski definition) is 0. The summed E-state index contributed by atoms with van der Waals surface area (Å²) in [5.41, 5.74) is 2.02. The van der Waals surface area contributed by atoms with Crippen LogP contribution in [0.3, 0.4) is 0 Å². The maximum absolute atomic E-state index is 11.1. The maximum atomic E-state index is 11.1. The number of halogens is 1. The second kappa shape index (κ2) is 5.56. The van der Waals surface area contributed by atoms with E-state index < -0.39 is 0 Å². The summed E-state index contributed by atoms with van der Waals surface area (Å²) < 4.78 is 1.71. The second-order valence-electron chi connectivity index (χ2n) is 4.17. The van der Waals surface area contributed by atoms with Gasteiger partial charge in [0.25, 0.3) is 0 Å². The van der Waals surface area contributed by atoms with Crippen LogP contribution in [0, 0.1) is 0 Å². The molecule has 100 valence electrons. The highest BCUT2D eigenvalue weighted by molar-refractivity contribution is 7.13. The van der Waals surface area contributed by atoms with Gasteiger partial charge in [-0.05, 0) is 23.1 Å². The molecule has 20 heavy (non-hydrogen) atoms. The third kappa shape index (κ3) is 2.37. The summed E-state index contributed by atoms with van der Waals surface area (Å²) in [6.45, 7) is 0.480. The number of rotatable bonds is 4. The maximum Gasteiger partial charge on any atom is 0.172 e. The monoisotopic (exact) mass is 303 g/mol. The number of carbonyl (C=O) groups excluding carboxylic acids is 1. The van der Waals surface area contributed by atoms with E-state index in [1.165, 1.54) is 0 Å². The van der Waals surface area contributed by atoms with E-state index >= 15 is 0 Å². The number of thiophene rings is 1. The lowest BCUT2D eigenvalue weighted by Gasteiger charge is -2.07. The van der Waals surface area contributed by atoms with Crippen LogP contribution in [0.4, 0.5) is 0 Å². The Bertz CT molecular complexity index is 737. The Morgan fingerprint density at radius 3 is 2.80 bits per heavy atom. The summed E-state index contributed by atoms with van der Waals surface area (Å²) >= 11 is 7.71. The molecule has 0 saturated carbocycles. The largest absolute Gasteiger partial charge is 0.296 e. The van der Waals surface area contributed by atoms with Crippen LogP contribution in [0.1, 0.15) is 16.1 Å². The standard InChI is InChI=1S/C14H10ClN3OS/c15-11-5-2-1-4-10(11)8-18-14(12(9-19)16-17-18)13-6-3-7-20-13/h1-7,9H,8H2. The van der Waals surface area contributed by atoms with E-state index in [9.17, 15) is 4.79 Å². The summed E-state index contributed by atoms with van der Waals surface area (Å²) in [5, 5.41) is 10.6. The van der Waals surface area contributed by atoms with Crippen molar-refractivity contribution < 1.29 is 4.79 Å². The number of nitrogens with zero attached hydrogens (tertiary/aromatic N) is 3. The summed E-state index contributed by atoms with van der Waals surface area (Å²) in [5.74, 6) is 0. The minimum atomic E-state index is 0.347. The highest BCUT2D eigenvalue weighted by atomic mass is 35.5. The van der Waals surface area contributed by atoms with Crippen LogP contribution in [0.25, 0.3) is 10.6 Å². The average molecular weight is 304 g/mol. The third-order valence-electron chi connectivity index (χ3n) is 2.91. The van der Waals surface area contributed by atoms with Crippen LogP contribution in [-0.4, -0.2) is 21.3 Å². The highest BCUT2D eigenvalue weighted by Crippen LogP contribution is 2.27. The molecule has 3 aromatic rings. The lowest BCUT2D eigenvalue weighted by molar-refractivity contribution is 0.111. The van der Waals surface area contributed by atoms with E-state index in [0.29, 0.717) is 17.3 Å². The predicted molar refractivity (Wildman–Crippen MR) is 79.3 cm³/mol. The molecule has 0 aliphatic carbocycles. The molecule has 0 amide bonds. The molecule has 2 aromatic heterocycles. The highest BCUT2D eigenvalue weighted by Gasteiger charge is 2.16. The van der Waals surface area contributed by atoms with Crippen molar-refractivity contribution in [2.24, 2.45) is 0 Å². The van der Waals surface area contributed by atoms with Crippen LogP contribution in [0.5, 0.6) is 0 Å². The molecule has 6 heteroatoms. The van der Waals surface area contributed by atoms with E-state index in [2.05, 4.69) is 10.3 Å². The zero-order chi connectivity index (χ0) is 13.9. The number of aldehydes is 1. The smallest absolute Gasteiger partial charge is 0.172 e. The normalized spacial score (nSPS) is 10.7. The molecule has 0 saturated heterocycles. The number of aromatic nitrogens is 3. The zero-order valence-electron chi connectivity index (χ0n) is 10.4. The van der Waals surface area contributed by atoms with Gasteiger partial charge in [-0.25, -0.2) is 4.68 Å². The zero-order valence-corrected chi connectivity index (χ0v) is 11.9. The Morgan fingerprint density at radius 1 is 1.25 bits per heavy atom. The van der Waals surface area contributed by atoms with E-state index in [0.717, 1.165) is 22.4 Å². The Balaban J connectivity index is 2.05. The average Bonchev–Trinajstić information content (AvgIpc) is 3.09. The van der Waals surface area contributed by atoms with Gasteiger partial charge in [0.2, 0.25) is 0 Å². The fourth-order valence-electron chi connectivity index (χ4n) is 1.97. The van der Waals surface area contributed by atoms with Crippen molar-refractivity contribution in [2.75, 3.05) is 0 Å². The molecule has 3 rings (SSSR count). The van der Waals surface area contributed by atoms with E-state index in [-0.39, 0.29) is 0 Å². The molecule has 0 fully saturated rings. The second-order valence-corrected chi connectivity index (χ2v) is 5.52. The quantitative estimate of drug-likeness (QED) is 0.693. The lowest BCUT2D eigenvalue weighted by Crippen LogP contribution is -2.04. The summed E-state index contributed by atoms with van der Waals surface area (Å²) in [6, 6.07) is 11.4. The number of carbonyl (C=O) groups is 1. The first-order chi connectivity index (χ1) is 9.79. The first-order valence-corrected chi connectivity index (χ1v) is 7.21. The van der Waals surface area contributed by atoms with Crippen LogP contribution in [-0.2, 0) is 6.54 Å². The molecular weight excluding hydrogens is 294 g/mol. The van der Waals surface area contributed by atoms with Gasteiger partial charge in [0.15, 0.2) is 12.0 Å². The summed E-state index contributed by atoms with van der Waals surface area (Å²) in [4.78, 5) is 12.1. The molecular formula is C14H10ClN3OS. The van der Waals surface area contributed by atoms with Crippen molar-refractivity contribution in [3.8, 4) is 10.6 Å². The van der Waals surface area contributed by atoms with Crippen molar-refractivity contribution in [2.45, 2.75) is 6.54 Å². The Labute approximate surface area is 124 Å². The minimum absolute atomic E-state index is 0.347. The molecule has 1 aromatic carbocycles. The Kier molecular flexibility index (Phi) is 3.62. The molecule has 0 spiro atoms. The van der Waals surface area contributed by atoms with Gasteiger partial charge in [-0.3, -0.25) is 4.79 Å². The van der Waals surface area contributed by atoms with Crippen LogP contribution in [0.2, 0.25) is 5.02 Å². The lowest BCUT2D eigenvalue weighted by atomic mass is 10.2. The molecule has 0 N–H and O–H groups in total. The van der Waals surface area contributed by atoms with Crippen molar-refractivity contribution in [3.05, 3.63) is 58.1 Å². The molecule has 0 aliphatic rings. The van der Waals surface area contributed by atoms with Crippen molar-refractivity contribution in [1.29, 1.82) is 0 Å². The van der Waals surface area contributed by atoms with Crippen molar-refractivity contribution >= 4 is 29.2 Å². The summed E-state index contributed by atoms with van der Waals surface area (Å²) in [6.07, 6.45) is 0.727. The van der Waals surface area contributed by atoms with E-state index in [1.807, 2.05) is 41.8 Å². The van der Waals surface area contributed by atoms with E-state index in [1.54, 1.807) is 16.0 Å². The Hall–Kier alpha value is -1.98. The number of hydrogen-bond acceptors (Lipinski definition) is 4. The fourth-order valence-corrected chi connectivity index (χ4v) is 2.95. The van der Waals surface area contributed by atoms with Gasteiger partial charge >= 0.3 is 0 Å². The predicted octanol–water partition coefficient (Wildman–Crippen LogP) is 3.52. The molecule has 2 heterocycles. The van der Waals surface area contributed by atoms with E-state index in [4.69, 9.17) is 11.6 Å². The SMILES string of the molecule is O=Cc1nnn(Cc2ccccc2Cl)c1-c1cccs1. The molecule has 0 radical (unpaired) electrons. The topological polar surface area (TPSA) is 47.8 Å². The van der Waals surface area contributed by atoms with Gasteiger partial charge in [-0.1, -0.05) is 41.1 Å². The molecule has 0 aliphatic heterocycles. The Morgan fingerprint density at radius 2 is 2.10 bits per heavy atom. The molecule has 0 bridgehead atoms. The van der Waals surface area contributed by atoms with Gasteiger partial charge < -0.3 is 0 Å². The van der Waals surface area contributed by atoms with Crippen LogP contribution in [0.15, 0.2) is 41.8 Å². The van der Waals surface area contributed by atoms with Gasteiger partial charge in [0.05, 0.1) is 11.4 Å². The fraction of sp³-hybridized carbons (Fsp3) is 0.0714. The van der Waals surface area contributed by atoms with Crippen molar-refractivity contribution in [1.82, 2.24) is 15.0 Å². The van der Waals surface area contributed by atoms with Crippen LogP contribution >= 0.6 is 22.9 Å². The number of benzene rings is 1. The van der Waals surface area contributed by atoms with Gasteiger partial charge in [0, 0.05) is 5.02 Å². The van der Waals surface area contributed by atoms with Gasteiger partial charge in [-0.2, -0.15) is 0 Å². The molecule has 0 unspecified atom stereocenters. The first-order valence-electron chi connectivity index (χ1n) is 5.95. The third-order valence-corrected chi connectivity index (χ3v) is 4.15. The van der Waals surface area contributed by atoms with Gasteiger partial charge in [-0.15, -0.1) is 16.4 Å². The minimum Gasteiger partial charge on any atom is -0.296 e. The molecule has 0 atom stereocenters. The van der Waals surface area contributed by atoms with Gasteiger partial charge in [0.1, 0.15) is 5.69 Å². The summed E-state index contributed by atoms with van der Waals surface area (Å²) in [7, 11) is 0. The van der Waals surface area contributed by atoms with Crippen LogP contribution < -0.4 is 0 Å².